The molecule has 1 saturated heterocycles. The Bertz CT molecular complexity index is 931. The van der Waals surface area contributed by atoms with Gasteiger partial charge in [0.05, 0.1) is 6.26 Å². The van der Waals surface area contributed by atoms with Gasteiger partial charge in [0.25, 0.3) is 5.91 Å². The van der Waals surface area contributed by atoms with Crippen LogP contribution in [-0.4, -0.2) is 35.3 Å². The number of likely N-dealkylation sites (tertiary alicyclic amines) is 1. The van der Waals surface area contributed by atoms with Gasteiger partial charge >= 0.3 is 0 Å². The molecule has 1 aromatic heterocycles. The van der Waals surface area contributed by atoms with Crippen molar-refractivity contribution in [3.05, 3.63) is 95.9 Å². The molecule has 2 heterocycles. The lowest BCUT2D eigenvalue weighted by molar-refractivity contribution is -0.125. The van der Waals surface area contributed by atoms with E-state index in [1.807, 2.05) is 43.3 Å². The largest absolute Gasteiger partial charge is 0.459 e. The highest BCUT2D eigenvalue weighted by molar-refractivity contribution is 5.96. The minimum absolute atomic E-state index is 0.0204. The molecule has 0 spiro atoms. The van der Waals surface area contributed by atoms with E-state index in [9.17, 15) is 9.59 Å². The number of nitrogens with zero attached hydrogens (tertiary/aromatic N) is 1. The average Bonchev–Trinajstić information content (AvgIpc) is 3.47. The minimum Gasteiger partial charge on any atom is -0.459 e. The van der Waals surface area contributed by atoms with Crippen LogP contribution in [0, 0.1) is 0 Å². The van der Waals surface area contributed by atoms with Crippen molar-refractivity contribution in [2.75, 3.05) is 6.54 Å². The summed E-state index contributed by atoms with van der Waals surface area (Å²) in [5.41, 5.74) is 2.29. The third-order valence-electron chi connectivity index (χ3n) is 5.74. The van der Waals surface area contributed by atoms with Crippen LogP contribution in [0.1, 0.15) is 47.4 Å². The molecule has 1 aliphatic rings. The first-order valence-corrected chi connectivity index (χ1v) is 10.4. The second-order valence-electron chi connectivity index (χ2n) is 7.73. The predicted molar refractivity (Wildman–Crippen MR) is 115 cm³/mol. The third-order valence-corrected chi connectivity index (χ3v) is 5.74. The Kier molecular flexibility index (Phi) is 5.98. The Morgan fingerprint density at radius 3 is 2.17 bits per heavy atom. The van der Waals surface area contributed by atoms with E-state index in [-0.39, 0.29) is 29.5 Å². The molecule has 0 saturated carbocycles. The van der Waals surface area contributed by atoms with E-state index in [1.54, 1.807) is 17.0 Å². The van der Waals surface area contributed by atoms with Crippen LogP contribution in [0.4, 0.5) is 0 Å². The first-order chi connectivity index (χ1) is 14.6. The molecule has 0 aliphatic carbocycles. The van der Waals surface area contributed by atoms with Gasteiger partial charge in [-0.3, -0.25) is 9.59 Å². The van der Waals surface area contributed by atoms with Gasteiger partial charge < -0.3 is 14.6 Å². The molecule has 2 atom stereocenters. The number of furan rings is 1. The number of rotatable bonds is 6. The summed E-state index contributed by atoms with van der Waals surface area (Å²) in [7, 11) is 0. The van der Waals surface area contributed by atoms with Crippen molar-refractivity contribution >= 4 is 11.8 Å². The zero-order valence-corrected chi connectivity index (χ0v) is 17.0. The maximum Gasteiger partial charge on any atom is 0.290 e. The smallest absolute Gasteiger partial charge is 0.290 e. The molecule has 0 unspecified atom stereocenters. The summed E-state index contributed by atoms with van der Waals surface area (Å²) in [6.07, 6.45) is 2.94. The second kappa shape index (κ2) is 8.99. The number of nitrogens with one attached hydrogen (secondary N) is 1. The topological polar surface area (TPSA) is 62.6 Å². The Balaban J connectivity index is 1.53. The van der Waals surface area contributed by atoms with Gasteiger partial charge in [-0.25, -0.2) is 0 Å². The molecule has 3 aromatic rings. The molecule has 2 aromatic carbocycles. The van der Waals surface area contributed by atoms with Crippen molar-refractivity contribution in [2.45, 2.75) is 37.8 Å². The highest BCUT2D eigenvalue weighted by atomic mass is 16.3. The molecule has 4 rings (SSSR count). The van der Waals surface area contributed by atoms with Crippen LogP contribution >= 0.6 is 0 Å². The van der Waals surface area contributed by atoms with Crippen LogP contribution in [0.3, 0.4) is 0 Å². The molecule has 1 aliphatic heterocycles. The van der Waals surface area contributed by atoms with E-state index in [1.165, 1.54) is 6.26 Å². The van der Waals surface area contributed by atoms with E-state index < -0.39 is 6.04 Å². The van der Waals surface area contributed by atoms with Gasteiger partial charge in [-0.15, -0.1) is 0 Å². The Morgan fingerprint density at radius 1 is 0.967 bits per heavy atom. The predicted octanol–water partition coefficient (Wildman–Crippen LogP) is 4.22. The van der Waals surface area contributed by atoms with Crippen LogP contribution in [0.5, 0.6) is 0 Å². The first kappa shape index (κ1) is 20.0. The fraction of sp³-hybridized carbons (Fsp3) is 0.280. The summed E-state index contributed by atoms with van der Waals surface area (Å²) >= 11 is 0. The number of amides is 2. The maximum absolute atomic E-state index is 13.2. The fourth-order valence-corrected chi connectivity index (χ4v) is 4.32. The molecule has 5 heteroatoms. The standard InChI is InChI=1S/C25H26N2O3/c1-18(23(19-10-4-2-5-11-19)20-12-6-3-7-13-20)26-24(28)21-14-8-16-27(21)25(29)22-15-9-17-30-22/h2-7,9-13,15,17-18,21,23H,8,14,16H2,1H3,(H,26,28)/t18-,21-/m0/s1. The lowest BCUT2D eigenvalue weighted by Gasteiger charge is -2.29. The van der Waals surface area contributed by atoms with Gasteiger partial charge in [0.2, 0.25) is 5.91 Å². The van der Waals surface area contributed by atoms with Crippen molar-refractivity contribution < 1.29 is 14.0 Å². The number of carbonyl (C=O) groups excluding carboxylic acids is 2. The molecule has 1 fully saturated rings. The van der Waals surface area contributed by atoms with Gasteiger partial charge in [-0.05, 0) is 43.0 Å². The Hall–Kier alpha value is -3.34. The van der Waals surface area contributed by atoms with Crippen LogP contribution in [-0.2, 0) is 4.79 Å². The normalized spacial score (nSPS) is 17.1. The molecule has 0 bridgehead atoms. The summed E-state index contributed by atoms with van der Waals surface area (Å²) in [6, 6.07) is 23.1. The Morgan fingerprint density at radius 2 is 1.60 bits per heavy atom. The second-order valence-corrected chi connectivity index (χ2v) is 7.73. The van der Waals surface area contributed by atoms with Gasteiger partial charge in [0.15, 0.2) is 5.76 Å². The average molecular weight is 402 g/mol. The van der Waals surface area contributed by atoms with Crippen molar-refractivity contribution in [1.82, 2.24) is 10.2 Å². The van der Waals surface area contributed by atoms with Crippen LogP contribution in [0.2, 0.25) is 0 Å². The van der Waals surface area contributed by atoms with E-state index in [2.05, 4.69) is 29.6 Å². The third kappa shape index (κ3) is 4.15. The van der Waals surface area contributed by atoms with Gasteiger partial charge in [0, 0.05) is 18.5 Å². The van der Waals surface area contributed by atoms with Crippen LogP contribution < -0.4 is 5.32 Å². The highest BCUT2D eigenvalue weighted by Gasteiger charge is 2.36. The molecule has 154 valence electrons. The van der Waals surface area contributed by atoms with E-state index in [0.29, 0.717) is 13.0 Å². The lowest BCUT2D eigenvalue weighted by Crippen LogP contribution is -2.49. The molecular formula is C25H26N2O3. The summed E-state index contributed by atoms with van der Waals surface area (Å²) in [4.78, 5) is 27.5. The number of carbonyl (C=O) groups is 2. The highest BCUT2D eigenvalue weighted by Crippen LogP contribution is 2.29. The zero-order valence-electron chi connectivity index (χ0n) is 17.0. The molecule has 2 amide bonds. The van der Waals surface area contributed by atoms with Crippen molar-refractivity contribution in [1.29, 1.82) is 0 Å². The van der Waals surface area contributed by atoms with Gasteiger partial charge in [0.1, 0.15) is 6.04 Å². The molecule has 30 heavy (non-hydrogen) atoms. The minimum atomic E-state index is -0.475. The van der Waals surface area contributed by atoms with Crippen molar-refractivity contribution in [3.8, 4) is 0 Å². The van der Waals surface area contributed by atoms with Gasteiger partial charge in [-0.1, -0.05) is 60.7 Å². The van der Waals surface area contributed by atoms with E-state index >= 15 is 0 Å². The summed E-state index contributed by atoms with van der Waals surface area (Å²) in [5, 5.41) is 3.19. The van der Waals surface area contributed by atoms with Gasteiger partial charge in [-0.2, -0.15) is 0 Å². The first-order valence-electron chi connectivity index (χ1n) is 10.4. The number of hydrogen-bond donors (Lipinski definition) is 1. The molecule has 0 radical (unpaired) electrons. The summed E-state index contributed by atoms with van der Waals surface area (Å²) in [6.45, 7) is 2.59. The van der Waals surface area contributed by atoms with E-state index in [4.69, 9.17) is 4.42 Å². The number of benzene rings is 2. The fourth-order valence-electron chi connectivity index (χ4n) is 4.32. The molecular weight excluding hydrogens is 376 g/mol. The maximum atomic E-state index is 13.2. The quantitative estimate of drug-likeness (QED) is 0.671. The van der Waals surface area contributed by atoms with E-state index in [0.717, 1.165) is 17.5 Å². The summed E-state index contributed by atoms with van der Waals surface area (Å²) in [5.74, 6) is -0.0501. The zero-order chi connectivity index (χ0) is 20.9. The van der Waals surface area contributed by atoms with Crippen LogP contribution in [0.15, 0.2) is 83.5 Å². The summed E-state index contributed by atoms with van der Waals surface area (Å²) < 4.78 is 5.25. The SMILES string of the molecule is C[C@H](NC(=O)[C@@H]1CCCN1C(=O)c1ccco1)C(c1ccccc1)c1ccccc1. The monoisotopic (exact) mass is 402 g/mol. The molecule has 1 N–H and O–H groups in total. The Labute approximate surface area is 176 Å². The number of hydrogen-bond acceptors (Lipinski definition) is 3. The van der Waals surface area contributed by atoms with Crippen molar-refractivity contribution in [2.24, 2.45) is 0 Å². The van der Waals surface area contributed by atoms with Crippen LogP contribution in [0.25, 0.3) is 0 Å². The van der Waals surface area contributed by atoms with Crippen molar-refractivity contribution in [3.63, 3.8) is 0 Å². The lowest BCUT2D eigenvalue weighted by atomic mass is 9.85. The molecule has 5 nitrogen and oxygen atoms in total.